The second-order valence-electron chi connectivity index (χ2n) is 6.34. The molecule has 0 radical (unpaired) electrons. The van der Waals surface area contributed by atoms with Crippen LogP contribution in [0.5, 0.6) is 0 Å². The standard InChI is InChI=1S/C18H31NO/c1-6-18(7-2,15-11-9-8-10-12-15)16(19)13-14-17(3,4)20-5/h8-12,16H,6-7,13-14,19H2,1-5H3. The van der Waals surface area contributed by atoms with Crippen LogP contribution in [0.15, 0.2) is 30.3 Å². The van der Waals surface area contributed by atoms with Gasteiger partial charge < -0.3 is 10.5 Å². The summed E-state index contributed by atoms with van der Waals surface area (Å²) in [4.78, 5) is 0. The van der Waals surface area contributed by atoms with Crippen molar-refractivity contribution in [3.63, 3.8) is 0 Å². The molecule has 0 saturated heterocycles. The second-order valence-corrected chi connectivity index (χ2v) is 6.34. The van der Waals surface area contributed by atoms with Gasteiger partial charge in [-0.1, -0.05) is 44.2 Å². The minimum Gasteiger partial charge on any atom is -0.379 e. The van der Waals surface area contributed by atoms with Crippen LogP contribution in [0.2, 0.25) is 0 Å². The van der Waals surface area contributed by atoms with E-state index in [1.54, 1.807) is 7.11 Å². The lowest BCUT2D eigenvalue weighted by atomic mass is 9.68. The molecule has 20 heavy (non-hydrogen) atoms. The van der Waals surface area contributed by atoms with Crippen molar-refractivity contribution in [1.29, 1.82) is 0 Å². The normalized spacial score (nSPS) is 14.3. The molecule has 0 aliphatic heterocycles. The van der Waals surface area contributed by atoms with E-state index in [-0.39, 0.29) is 17.1 Å². The maximum Gasteiger partial charge on any atom is 0.0623 e. The number of rotatable bonds is 8. The van der Waals surface area contributed by atoms with Crippen molar-refractivity contribution in [3.8, 4) is 0 Å². The third kappa shape index (κ3) is 3.83. The first-order valence-electron chi connectivity index (χ1n) is 7.78. The highest BCUT2D eigenvalue weighted by atomic mass is 16.5. The zero-order chi connectivity index (χ0) is 15.2. The van der Waals surface area contributed by atoms with Gasteiger partial charge in [0, 0.05) is 18.6 Å². The molecule has 0 saturated carbocycles. The van der Waals surface area contributed by atoms with Crippen molar-refractivity contribution < 1.29 is 4.74 Å². The summed E-state index contributed by atoms with van der Waals surface area (Å²) in [5.41, 5.74) is 7.96. The van der Waals surface area contributed by atoms with Crippen LogP contribution in [-0.4, -0.2) is 18.8 Å². The summed E-state index contributed by atoms with van der Waals surface area (Å²) in [6.07, 6.45) is 4.11. The molecule has 2 N–H and O–H groups in total. The fraction of sp³-hybridized carbons (Fsp3) is 0.667. The molecule has 0 spiro atoms. The average molecular weight is 277 g/mol. The summed E-state index contributed by atoms with van der Waals surface area (Å²) >= 11 is 0. The molecule has 0 heterocycles. The van der Waals surface area contributed by atoms with Gasteiger partial charge >= 0.3 is 0 Å². The maximum absolute atomic E-state index is 6.61. The molecule has 114 valence electrons. The summed E-state index contributed by atoms with van der Waals surface area (Å²) in [7, 11) is 1.77. The Kier molecular flexibility index (Phi) is 6.22. The smallest absolute Gasteiger partial charge is 0.0623 e. The van der Waals surface area contributed by atoms with Crippen LogP contribution in [0.4, 0.5) is 0 Å². The predicted molar refractivity (Wildman–Crippen MR) is 87.0 cm³/mol. The Bertz CT molecular complexity index is 382. The Morgan fingerprint density at radius 2 is 1.65 bits per heavy atom. The zero-order valence-corrected chi connectivity index (χ0v) is 13.8. The largest absolute Gasteiger partial charge is 0.379 e. The Morgan fingerprint density at radius 1 is 1.10 bits per heavy atom. The van der Waals surface area contributed by atoms with Gasteiger partial charge in [0.1, 0.15) is 0 Å². The van der Waals surface area contributed by atoms with Crippen LogP contribution in [0.3, 0.4) is 0 Å². The summed E-state index contributed by atoms with van der Waals surface area (Å²) in [6, 6.07) is 10.9. The molecule has 0 amide bonds. The lowest BCUT2D eigenvalue weighted by Gasteiger charge is -2.39. The molecule has 0 aromatic heterocycles. The quantitative estimate of drug-likeness (QED) is 0.770. The molecule has 0 bridgehead atoms. The molecule has 1 aromatic carbocycles. The maximum atomic E-state index is 6.61. The highest BCUT2D eigenvalue weighted by Gasteiger charge is 2.35. The van der Waals surface area contributed by atoms with E-state index in [0.717, 1.165) is 25.7 Å². The lowest BCUT2D eigenvalue weighted by molar-refractivity contribution is 0.0104. The third-order valence-corrected chi connectivity index (χ3v) is 4.93. The predicted octanol–water partition coefficient (Wildman–Crippen LogP) is 4.28. The van der Waals surface area contributed by atoms with Crippen LogP contribution >= 0.6 is 0 Å². The average Bonchev–Trinajstić information content (AvgIpc) is 2.48. The van der Waals surface area contributed by atoms with E-state index in [0.29, 0.717) is 0 Å². The number of hydrogen-bond acceptors (Lipinski definition) is 2. The van der Waals surface area contributed by atoms with Crippen LogP contribution in [0, 0.1) is 0 Å². The van der Waals surface area contributed by atoms with E-state index < -0.39 is 0 Å². The molecule has 1 unspecified atom stereocenters. The molecule has 0 aliphatic carbocycles. The summed E-state index contributed by atoms with van der Waals surface area (Å²) in [5.74, 6) is 0. The molecule has 0 fully saturated rings. The Balaban J connectivity index is 2.91. The van der Waals surface area contributed by atoms with Crippen LogP contribution < -0.4 is 5.73 Å². The molecule has 2 heteroatoms. The Labute approximate surface area is 124 Å². The second kappa shape index (κ2) is 7.24. The fourth-order valence-corrected chi connectivity index (χ4v) is 3.05. The van der Waals surface area contributed by atoms with E-state index in [4.69, 9.17) is 10.5 Å². The van der Waals surface area contributed by atoms with Gasteiger partial charge in [-0.3, -0.25) is 0 Å². The molecule has 2 nitrogen and oxygen atoms in total. The molecule has 1 aromatic rings. The number of ether oxygens (including phenoxy) is 1. The number of benzene rings is 1. The van der Waals surface area contributed by atoms with E-state index in [1.807, 2.05) is 0 Å². The first-order valence-corrected chi connectivity index (χ1v) is 7.78. The van der Waals surface area contributed by atoms with Crippen molar-refractivity contribution in [3.05, 3.63) is 35.9 Å². The summed E-state index contributed by atoms with van der Waals surface area (Å²) in [6.45, 7) is 8.75. The minimum absolute atomic E-state index is 0.0745. The Hall–Kier alpha value is -0.860. The molecular formula is C18H31NO. The van der Waals surface area contributed by atoms with Crippen LogP contribution in [0.1, 0.15) is 58.9 Å². The van der Waals surface area contributed by atoms with E-state index in [1.165, 1.54) is 5.56 Å². The first kappa shape index (κ1) is 17.2. The van der Waals surface area contributed by atoms with Crippen molar-refractivity contribution in [2.75, 3.05) is 7.11 Å². The van der Waals surface area contributed by atoms with Crippen molar-refractivity contribution in [2.45, 2.75) is 70.4 Å². The van der Waals surface area contributed by atoms with Gasteiger partial charge in [0.2, 0.25) is 0 Å². The monoisotopic (exact) mass is 277 g/mol. The van der Waals surface area contributed by atoms with Crippen molar-refractivity contribution in [2.24, 2.45) is 5.73 Å². The van der Waals surface area contributed by atoms with Crippen molar-refractivity contribution >= 4 is 0 Å². The first-order chi connectivity index (χ1) is 9.41. The SMILES string of the molecule is CCC(CC)(c1ccccc1)C(N)CCC(C)(C)OC. The van der Waals surface area contributed by atoms with Gasteiger partial charge in [0.25, 0.3) is 0 Å². The molecule has 0 aliphatic rings. The highest BCUT2D eigenvalue weighted by molar-refractivity contribution is 5.27. The summed E-state index contributed by atoms with van der Waals surface area (Å²) < 4.78 is 5.52. The number of hydrogen-bond donors (Lipinski definition) is 1. The zero-order valence-electron chi connectivity index (χ0n) is 13.8. The Morgan fingerprint density at radius 3 is 2.10 bits per heavy atom. The van der Waals surface area contributed by atoms with Gasteiger partial charge in [-0.2, -0.15) is 0 Å². The highest BCUT2D eigenvalue weighted by Crippen LogP contribution is 2.36. The van der Waals surface area contributed by atoms with Crippen LogP contribution in [-0.2, 0) is 10.2 Å². The van der Waals surface area contributed by atoms with Gasteiger partial charge in [-0.25, -0.2) is 0 Å². The van der Waals surface area contributed by atoms with Crippen molar-refractivity contribution in [1.82, 2.24) is 0 Å². The van der Waals surface area contributed by atoms with Gasteiger partial charge in [-0.05, 0) is 45.1 Å². The lowest BCUT2D eigenvalue weighted by Crippen LogP contribution is -2.45. The number of nitrogens with two attached hydrogens (primary N) is 1. The molecular weight excluding hydrogens is 246 g/mol. The molecule has 1 rings (SSSR count). The molecule has 1 atom stereocenters. The van der Waals surface area contributed by atoms with Gasteiger partial charge in [0.15, 0.2) is 0 Å². The van der Waals surface area contributed by atoms with E-state index in [2.05, 4.69) is 58.0 Å². The summed E-state index contributed by atoms with van der Waals surface area (Å²) in [5, 5.41) is 0. The minimum atomic E-state index is -0.0957. The van der Waals surface area contributed by atoms with E-state index in [9.17, 15) is 0 Å². The van der Waals surface area contributed by atoms with Gasteiger partial charge in [-0.15, -0.1) is 0 Å². The van der Waals surface area contributed by atoms with Gasteiger partial charge in [0.05, 0.1) is 5.60 Å². The number of methoxy groups -OCH3 is 1. The third-order valence-electron chi connectivity index (χ3n) is 4.93. The van der Waals surface area contributed by atoms with E-state index >= 15 is 0 Å². The topological polar surface area (TPSA) is 35.2 Å². The van der Waals surface area contributed by atoms with Crippen LogP contribution in [0.25, 0.3) is 0 Å². The fourth-order valence-electron chi connectivity index (χ4n) is 3.05.